The molecule has 0 radical (unpaired) electrons. The molecule has 2 N–H and O–H groups in total. The van der Waals surface area contributed by atoms with Crippen molar-refractivity contribution in [2.75, 3.05) is 19.8 Å². The lowest BCUT2D eigenvalue weighted by molar-refractivity contribution is -0.128. The van der Waals surface area contributed by atoms with E-state index >= 15 is 0 Å². The zero-order valence-electron chi connectivity index (χ0n) is 11.3. The number of nitrogens with zero attached hydrogens (tertiary/aromatic N) is 1. The van der Waals surface area contributed by atoms with E-state index in [-0.39, 0.29) is 18.0 Å². The maximum Gasteiger partial charge on any atom is 0.224 e. The minimum atomic E-state index is -0.221. The molecule has 0 aromatic heterocycles. The number of amides is 1. The Balaban J connectivity index is 2.01. The Labute approximate surface area is 122 Å². The van der Waals surface area contributed by atoms with Gasteiger partial charge < -0.3 is 20.1 Å². The van der Waals surface area contributed by atoms with Crippen LogP contribution in [-0.2, 0) is 4.79 Å². The number of carbonyl (C=O) groups is 1. The van der Waals surface area contributed by atoms with Gasteiger partial charge in [0.15, 0.2) is 11.5 Å². The number of hydrogen-bond acceptors (Lipinski definition) is 4. The first-order valence-corrected chi connectivity index (χ1v) is 7.13. The van der Waals surface area contributed by atoms with Crippen molar-refractivity contribution in [3.8, 4) is 11.5 Å². The molecule has 2 unspecified atom stereocenters. The van der Waals surface area contributed by atoms with E-state index in [1.54, 1.807) is 4.90 Å². The highest BCUT2D eigenvalue weighted by atomic mass is 35.5. The molecular weight excluding hydrogens is 280 g/mol. The third kappa shape index (κ3) is 2.11. The zero-order valence-corrected chi connectivity index (χ0v) is 12.0. The van der Waals surface area contributed by atoms with Crippen molar-refractivity contribution in [1.29, 1.82) is 0 Å². The third-order valence-electron chi connectivity index (χ3n) is 3.77. The first kappa shape index (κ1) is 13.5. The van der Waals surface area contributed by atoms with E-state index in [1.165, 1.54) is 0 Å². The molecule has 0 bridgehead atoms. The summed E-state index contributed by atoms with van der Waals surface area (Å²) in [4.78, 5) is 13.7. The Morgan fingerprint density at radius 1 is 1.40 bits per heavy atom. The van der Waals surface area contributed by atoms with Gasteiger partial charge in [-0.15, -0.1) is 0 Å². The van der Waals surface area contributed by atoms with Gasteiger partial charge in [0.05, 0.1) is 11.1 Å². The summed E-state index contributed by atoms with van der Waals surface area (Å²) in [5.41, 5.74) is 7.02. The molecule has 108 valence electrons. The quantitative estimate of drug-likeness (QED) is 0.903. The Morgan fingerprint density at radius 3 is 2.90 bits per heavy atom. The molecule has 0 spiro atoms. The van der Waals surface area contributed by atoms with Gasteiger partial charge in [0.25, 0.3) is 0 Å². The molecular formula is C14H17ClN2O3. The fourth-order valence-corrected chi connectivity index (χ4v) is 3.19. The van der Waals surface area contributed by atoms with Crippen LogP contribution >= 0.6 is 11.6 Å². The zero-order chi connectivity index (χ0) is 14.3. The molecule has 1 amide bonds. The van der Waals surface area contributed by atoms with Crippen molar-refractivity contribution < 1.29 is 14.3 Å². The number of nitrogens with two attached hydrogens (primary N) is 1. The van der Waals surface area contributed by atoms with E-state index in [2.05, 4.69) is 0 Å². The van der Waals surface area contributed by atoms with Crippen LogP contribution in [-0.4, -0.2) is 36.6 Å². The van der Waals surface area contributed by atoms with Crippen LogP contribution in [0, 0.1) is 0 Å². The molecule has 2 heterocycles. The monoisotopic (exact) mass is 296 g/mol. The molecule has 20 heavy (non-hydrogen) atoms. The number of likely N-dealkylation sites (tertiary alicyclic amines) is 1. The summed E-state index contributed by atoms with van der Waals surface area (Å²) in [7, 11) is 0. The van der Waals surface area contributed by atoms with Crippen molar-refractivity contribution in [2.24, 2.45) is 5.73 Å². The van der Waals surface area contributed by atoms with Gasteiger partial charge in [0.1, 0.15) is 13.2 Å². The van der Waals surface area contributed by atoms with Crippen LogP contribution in [0.25, 0.3) is 0 Å². The third-order valence-corrected chi connectivity index (χ3v) is 4.05. The van der Waals surface area contributed by atoms with Crippen molar-refractivity contribution in [3.63, 3.8) is 0 Å². The van der Waals surface area contributed by atoms with Gasteiger partial charge in [-0.1, -0.05) is 11.6 Å². The Kier molecular flexibility index (Phi) is 3.48. The van der Waals surface area contributed by atoms with Crippen LogP contribution in [0.2, 0.25) is 5.02 Å². The number of likely N-dealkylation sites (N-methyl/N-ethyl adjacent to an activating group) is 1. The first-order chi connectivity index (χ1) is 9.61. The van der Waals surface area contributed by atoms with Crippen molar-refractivity contribution in [1.82, 2.24) is 4.90 Å². The van der Waals surface area contributed by atoms with Crippen LogP contribution < -0.4 is 15.2 Å². The van der Waals surface area contributed by atoms with Crippen molar-refractivity contribution in [3.05, 3.63) is 22.7 Å². The van der Waals surface area contributed by atoms with Gasteiger partial charge >= 0.3 is 0 Å². The first-order valence-electron chi connectivity index (χ1n) is 6.76. The molecule has 2 aliphatic heterocycles. The maximum atomic E-state index is 11.9. The van der Waals surface area contributed by atoms with Gasteiger partial charge in [0, 0.05) is 19.0 Å². The van der Waals surface area contributed by atoms with Gasteiger partial charge in [-0.05, 0) is 24.6 Å². The van der Waals surface area contributed by atoms with Crippen LogP contribution in [0.5, 0.6) is 11.5 Å². The number of rotatable bonds is 2. The molecule has 6 heteroatoms. The highest BCUT2D eigenvalue weighted by molar-refractivity contribution is 6.32. The van der Waals surface area contributed by atoms with Crippen LogP contribution in [0.15, 0.2) is 12.1 Å². The molecule has 1 aromatic rings. The summed E-state index contributed by atoms with van der Waals surface area (Å²) in [6.45, 7) is 3.57. The molecule has 2 aliphatic rings. The SMILES string of the molecule is CCN1C(=O)CC(N)C1c1cc(Cl)c2c(c1)OCCO2. The van der Waals surface area contributed by atoms with Gasteiger partial charge in [0.2, 0.25) is 5.91 Å². The van der Waals surface area contributed by atoms with Gasteiger partial charge in [-0.3, -0.25) is 4.79 Å². The van der Waals surface area contributed by atoms with Gasteiger partial charge in [-0.2, -0.15) is 0 Å². The lowest BCUT2D eigenvalue weighted by Crippen LogP contribution is -2.33. The smallest absolute Gasteiger partial charge is 0.224 e. The molecule has 1 aromatic carbocycles. The van der Waals surface area contributed by atoms with Crippen molar-refractivity contribution in [2.45, 2.75) is 25.4 Å². The predicted molar refractivity (Wildman–Crippen MR) is 75.2 cm³/mol. The minimum absolute atomic E-state index is 0.0796. The van der Waals surface area contributed by atoms with E-state index in [0.717, 1.165) is 5.56 Å². The molecule has 0 aliphatic carbocycles. The topological polar surface area (TPSA) is 64.8 Å². The summed E-state index contributed by atoms with van der Waals surface area (Å²) in [6, 6.07) is 3.33. The number of ether oxygens (including phenoxy) is 2. The number of carbonyl (C=O) groups excluding carboxylic acids is 1. The van der Waals surface area contributed by atoms with Crippen LogP contribution in [0.3, 0.4) is 0 Å². The Bertz CT molecular complexity index is 549. The standard InChI is InChI=1S/C14H17ClN2O3/c1-2-17-12(18)7-10(16)13(17)8-5-9(15)14-11(6-8)19-3-4-20-14/h5-6,10,13H,2-4,7,16H2,1H3. The lowest BCUT2D eigenvalue weighted by Gasteiger charge is -2.28. The molecule has 0 saturated carbocycles. The van der Waals surface area contributed by atoms with Gasteiger partial charge in [-0.25, -0.2) is 0 Å². The molecule has 1 fully saturated rings. The largest absolute Gasteiger partial charge is 0.486 e. The van der Waals surface area contributed by atoms with Crippen LogP contribution in [0.4, 0.5) is 0 Å². The molecule has 5 nitrogen and oxygen atoms in total. The normalized spacial score (nSPS) is 25.1. The van der Waals surface area contributed by atoms with E-state index in [9.17, 15) is 4.79 Å². The maximum absolute atomic E-state index is 11.9. The second-order valence-electron chi connectivity index (χ2n) is 5.02. The summed E-state index contributed by atoms with van der Waals surface area (Å²) < 4.78 is 11.1. The summed E-state index contributed by atoms with van der Waals surface area (Å²) in [6.07, 6.45) is 0.366. The predicted octanol–water partition coefficient (Wildman–Crippen LogP) is 1.73. The van der Waals surface area contributed by atoms with Crippen LogP contribution in [0.1, 0.15) is 24.9 Å². The molecule has 3 rings (SSSR count). The second kappa shape index (κ2) is 5.14. The second-order valence-corrected chi connectivity index (χ2v) is 5.43. The number of hydrogen-bond donors (Lipinski definition) is 1. The summed E-state index contributed by atoms with van der Waals surface area (Å²) in [5.74, 6) is 1.28. The Morgan fingerprint density at radius 2 is 2.15 bits per heavy atom. The number of benzene rings is 1. The number of halogens is 1. The van der Waals surface area contributed by atoms with E-state index in [0.29, 0.717) is 42.7 Å². The van der Waals surface area contributed by atoms with E-state index in [4.69, 9.17) is 26.8 Å². The van der Waals surface area contributed by atoms with Crippen molar-refractivity contribution >= 4 is 17.5 Å². The Hall–Kier alpha value is -1.46. The van der Waals surface area contributed by atoms with E-state index in [1.807, 2.05) is 19.1 Å². The highest BCUT2D eigenvalue weighted by Crippen LogP contribution is 2.42. The average Bonchev–Trinajstić information content (AvgIpc) is 2.72. The number of fused-ring (bicyclic) bond motifs is 1. The average molecular weight is 297 g/mol. The fourth-order valence-electron chi connectivity index (χ4n) is 2.92. The summed E-state index contributed by atoms with van der Waals surface area (Å²) in [5, 5.41) is 0.500. The van der Waals surface area contributed by atoms with E-state index < -0.39 is 0 Å². The molecule has 2 atom stereocenters. The fraction of sp³-hybridized carbons (Fsp3) is 0.500. The summed E-state index contributed by atoms with van der Waals surface area (Å²) >= 11 is 6.25. The lowest BCUT2D eigenvalue weighted by atomic mass is 10.00. The molecule has 1 saturated heterocycles. The highest BCUT2D eigenvalue weighted by Gasteiger charge is 2.38. The minimum Gasteiger partial charge on any atom is -0.486 e.